The molecule has 0 aromatic carbocycles. The number of aromatic carboxylic acids is 1. The lowest BCUT2D eigenvalue weighted by molar-refractivity contribution is -0.120. The van der Waals surface area contributed by atoms with Crippen LogP contribution in [0.1, 0.15) is 10.4 Å². The fourth-order valence-electron chi connectivity index (χ4n) is 1.60. The Labute approximate surface area is 102 Å². The van der Waals surface area contributed by atoms with E-state index in [-0.39, 0.29) is 23.0 Å². The molecule has 17 heavy (non-hydrogen) atoms. The number of hydrogen-bond donors (Lipinski definition) is 2. The maximum absolute atomic E-state index is 11.2. The first-order valence-corrected chi connectivity index (χ1v) is 5.36. The van der Waals surface area contributed by atoms with E-state index in [1.165, 1.54) is 12.3 Å². The lowest BCUT2D eigenvalue weighted by Gasteiger charge is -2.28. The summed E-state index contributed by atoms with van der Waals surface area (Å²) in [5.41, 5.74) is 0.0280. The number of pyridine rings is 1. The van der Waals surface area contributed by atoms with E-state index in [9.17, 15) is 9.59 Å². The molecule has 0 atom stereocenters. The maximum Gasteiger partial charge on any atom is 0.337 e. The van der Waals surface area contributed by atoms with Gasteiger partial charge in [-0.2, -0.15) is 0 Å². The van der Waals surface area contributed by atoms with E-state index >= 15 is 0 Å². The normalized spacial score (nSPS) is 15.6. The Morgan fingerprint density at radius 2 is 2.35 bits per heavy atom. The quantitative estimate of drug-likeness (QED) is 0.798. The summed E-state index contributed by atoms with van der Waals surface area (Å²) in [6, 6.07) is 1.33. The lowest BCUT2D eigenvalue weighted by atomic mass is 10.2. The van der Waals surface area contributed by atoms with Crippen molar-refractivity contribution in [3.05, 3.63) is 22.8 Å². The van der Waals surface area contributed by atoms with Gasteiger partial charge in [-0.1, -0.05) is 11.6 Å². The van der Waals surface area contributed by atoms with E-state index in [0.717, 1.165) is 0 Å². The zero-order valence-electron chi connectivity index (χ0n) is 8.81. The predicted octanol–water partition coefficient (Wildman–Crippen LogP) is 0.369. The minimum atomic E-state index is -1.08. The number of nitrogens with zero attached hydrogens (tertiary/aromatic N) is 2. The highest BCUT2D eigenvalue weighted by Gasteiger charge is 2.20. The summed E-state index contributed by atoms with van der Waals surface area (Å²) in [7, 11) is 0. The van der Waals surface area contributed by atoms with Gasteiger partial charge in [-0.25, -0.2) is 9.78 Å². The standard InChI is InChI=1S/C10H10ClN3O3/c11-7-3-6(10(16)17)4-13-9(7)14-2-1-12-8(15)5-14/h3-4H,1-2,5H2,(H,12,15)(H,16,17). The number of anilines is 1. The predicted molar refractivity (Wildman–Crippen MR) is 61.4 cm³/mol. The molecule has 0 aliphatic carbocycles. The Bertz CT molecular complexity index is 478. The van der Waals surface area contributed by atoms with Gasteiger partial charge in [0.15, 0.2) is 0 Å². The third-order valence-corrected chi connectivity index (χ3v) is 2.68. The number of carbonyl (C=O) groups excluding carboxylic acids is 1. The first-order chi connectivity index (χ1) is 8.08. The second-order valence-electron chi connectivity index (χ2n) is 3.61. The molecule has 1 fully saturated rings. The monoisotopic (exact) mass is 255 g/mol. The van der Waals surface area contributed by atoms with Crippen molar-refractivity contribution in [1.82, 2.24) is 10.3 Å². The van der Waals surface area contributed by atoms with Gasteiger partial charge in [0.25, 0.3) is 0 Å². The van der Waals surface area contributed by atoms with Crippen LogP contribution in [0.2, 0.25) is 5.02 Å². The smallest absolute Gasteiger partial charge is 0.337 e. The summed E-state index contributed by atoms with van der Waals surface area (Å²) in [4.78, 5) is 27.6. The third-order valence-electron chi connectivity index (χ3n) is 2.41. The van der Waals surface area contributed by atoms with E-state index in [0.29, 0.717) is 18.9 Å². The minimum Gasteiger partial charge on any atom is -0.478 e. The second kappa shape index (κ2) is 4.58. The highest BCUT2D eigenvalue weighted by atomic mass is 35.5. The van der Waals surface area contributed by atoms with Crippen LogP contribution in [-0.4, -0.2) is 41.6 Å². The van der Waals surface area contributed by atoms with Crippen LogP contribution in [0.15, 0.2) is 12.3 Å². The molecule has 1 aromatic heterocycles. The number of carbonyl (C=O) groups is 2. The summed E-state index contributed by atoms with van der Waals surface area (Å²) in [6.45, 7) is 1.31. The summed E-state index contributed by atoms with van der Waals surface area (Å²) in [5, 5.41) is 11.7. The Balaban J connectivity index is 2.26. The number of carboxylic acids is 1. The molecule has 90 valence electrons. The van der Waals surface area contributed by atoms with Crippen molar-refractivity contribution < 1.29 is 14.7 Å². The van der Waals surface area contributed by atoms with Gasteiger partial charge in [0.05, 0.1) is 17.1 Å². The van der Waals surface area contributed by atoms with Gasteiger partial charge in [-0.15, -0.1) is 0 Å². The number of piperazine rings is 1. The molecule has 1 aliphatic heterocycles. The van der Waals surface area contributed by atoms with E-state index < -0.39 is 5.97 Å². The molecule has 1 amide bonds. The molecular weight excluding hydrogens is 246 g/mol. The Hall–Kier alpha value is -1.82. The minimum absolute atomic E-state index is 0.0280. The van der Waals surface area contributed by atoms with Gasteiger partial charge in [-0.05, 0) is 6.07 Å². The second-order valence-corrected chi connectivity index (χ2v) is 4.01. The molecule has 0 saturated carbocycles. The third kappa shape index (κ3) is 2.47. The van der Waals surface area contributed by atoms with E-state index in [2.05, 4.69) is 10.3 Å². The summed E-state index contributed by atoms with van der Waals surface area (Å²) in [6.07, 6.45) is 1.23. The number of amides is 1. The molecule has 0 unspecified atom stereocenters. The molecule has 0 bridgehead atoms. The van der Waals surface area contributed by atoms with Crippen molar-refractivity contribution >= 4 is 29.3 Å². The average molecular weight is 256 g/mol. The molecule has 1 aromatic rings. The Kier molecular flexibility index (Phi) is 3.14. The van der Waals surface area contributed by atoms with E-state index in [4.69, 9.17) is 16.7 Å². The zero-order valence-corrected chi connectivity index (χ0v) is 9.57. The van der Waals surface area contributed by atoms with Crippen LogP contribution >= 0.6 is 11.6 Å². The molecule has 0 spiro atoms. The Morgan fingerprint density at radius 1 is 1.59 bits per heavy atom. The van der Waals surface area contributed by atoms with Gasteiger partial charge in [0.1, 0.15) is 5.82 Å². The number of halogens is 1. The van der Waals surface area contributed by atoms with Gasteiger partial charge in [0, 0.05) is 19.3 Å². The fraction of sp³-hybridized carbons (Fsp3) is 0.300. The Morgan fingerprint density at radius 3 is 2.94 bits per heavy atom. The van der Waals surface area contributed by atoms with Crippen LogP contribution < -0.4 is 10.2 Å². The lowest BCUT2D eigenvalue weighted by Crippen LogP contribution is -2.48. The summed E-state index contributed by atoms with van der Waals surface area (Å²) < 4.78 is 0. The van der Waals surface area contributed by atoms with Crippen LogP contribution in [-0.2, 0) is 4.79 Å². The number of aromatic nitrogens is 1. The first kappa shape index (κ1) is 11.7. The molecule has 7 heteroatoms. The molecular formula is C10H10ClN3O3. The first-order valence-electron chi connectivity index (χ1n) is 4.98. The molecule has 6 nitrogen and oxygen atoms in total. The van der Waals surface area contributed by atoms with E-state index in [1.807, 2.05) is 0 Å². The molecule has 2 N–H and O–H groups in total. The van der Waals surface area contributed by atoms with Gasteiger partial charge in [-0.3, -0.25) is 4.79 Å². The highest BCUT2D eigenvalue weighted by Crippen LogP contribution is 2.24. The zero-order chi connectivity index (χ0) is 12.4. The van der Waals surface area contributed by atoms with Crippen LogP contribution in [0.5, 0.6) is 0 Å². The van der Waals surface area contributed by atoms with Gasteiger partial charge >= 0.3 is 5.97 Å². The van der Waals surface area contributed by atoms with E-state index in [1.54, 1.807) is 4.90 Å². The van der Waals surface area contributed by atoms with Crippen LogP contribution in [0.25, 0.3) is 0 Å². The molecule has 2 rings (SSSR count). The number of hydrogen-bond acceptors (Lipinski definition) is 4. The van der Waals surface area contributed by atoms with Crippen LogP contribution in [0.4, 0.5) is 5.82 Å². The number of nitrogens with one attached hydrogen (secondary N) is 1. The molecule has 1 saturated heterocycles. The SMILES string of the molecule is O=C1CN(c2ncc(C(=O)O)cc2Cl)CCN1. The average Bonchev–Trinajstić information content (AvgIpc) is 2.28. The molecule has 0 radical (unpaired) electrons. The van der Waals surface area contributed by atoms with Gasteiger partial charge in [0.2, 0.25) is 5.91 Å². The van der Waals surface area contributed by atoms with Crippen LogP contribution in [0.3, 0.4) is 0 Å². The van der Waals surface area contributed by atoms with Crippen molar-refractivity contribution in [3.63, 3.8) is 0 Å². The van der Waals surface area contributed by atoms with Crippen molar-refractivity contribution in [1.29, 1.82) is 0 Å². The largest absolute Gasteiger partial charge is 0.478 e. The summed E-state index contributed by atoms with van der Waals surface area (Å²) in [5.74, 6) is -0.745. The summed E-state index contributed by atoms with van der Waals surface area (Å²) >= 11 is 5.96. The fourth-order valence-corrected chi connectivity index (χ4v) is 1.89. The van der Waals surface area contributed by atoms with Crippen molar-refractivity contribution in [2.75, 3.05) is 24.5 Å². The molecule has 1 aliphatic rings. The van der Waals surface area contributed by atoms with Gasteiger partial charge < -0.3 is 15.3 Å². The van der Waals surface area contributed by atoms with Crippen molar-refractivity contribution in [2.24, 2.45) is 0 Å². The van der Waals surface area contributed by atoms with Crippen molar-refractivity contribution in [3.8, 4) is 0 Å². The number of rotatable bonds is 2. The maximum atomic E-state index is 11.2. The number of carboxylic acid groups (broad SMARTS) is 1. The molecule has 2 heterocycles. The highest BCUT2D eigenvalue weighted by molar-refractivity contribution is 6.33. The van der Waals surface area contributed by atoms with Crippen LogP contribution in [0, 0.1) is 0 Å². The van der Waals surface area contributed by atoms with Crippen molar-refractivity contribution in [2.45, 2.75) is 0 Å². The topological polar surface area (TPSA) is 82.5 Å².